The lowest BCUT2D eigenvalue weighted by Crippen LogP contribution is -2.32. The maximum absolute atomic E-state index is 11.9. The predicted octanol–water partition coefficient (Wildman–Crippen LogP) is 1.06. The van der Waals surface area contributed by atoms with Crippen molar-refractivity contribution in [2.75, 3.05) is 12.8 Å². The number of rotatable bonds is 4. The number of aromatic amines is 1. The summed E-state index contributed by atoms with van der Waals surface area (Å²) in [5.74, 6) is -0.163. The van der Waals surface area contributed by atoms with E-state index in [2.05, 4.69) is 15.3 Å². The van der Waals surface area contributed by atoms with E-state index in [0.717, 1.165) is 11.0 Å². The molecule has 0 aliphatic rings. The number of fused-ring (bicyclic) bond motifs is 1. The quantitative estimate of drug-likeness (QED) is 0.868. The zero-order chi connectivity index (χ0) is 13.1. The number of imidazole rings is 1. The Balaban J connectivity index is 2.06. The second kappa shape index (κ2) is 5.30. The number of aromatic nitrogens is 2. The molecule has 6 heteroatoms. The number of benzene rings is 1. The molecule has 1 aromatic heterocycles. The Morgan fingerprint density at radius 3 is 3.06 bits per heavy atom. The number of hydrogen-bond donors (Lipinski definition) is 2. The van der Waals surface area contributed by atoms with E-state index in [-0.39, 0.29) is 11.2 Å². The Kier molecular flexibility index (Phi) is 3.76. The molecule has 1 aromatic carbocycles. The first-order valence-corrected chi connectivity index (χ1v) is 7.23. The van der Waals surface area contributed by atoms with Crippen LogP contribution >= 0.6 is 0 Å². The zero-order valence-electron chi connectivity index (χ0n) is 10.3. The van der Waals surface area contributed by atoms with E-state index in [1.807, 2.05) is 6.92 Å². The minimum absolute atomic E-state index is 0.0511. The van der Waals surface area contributed by atoms with Crippen molar-refractivity contribution in [2.24, 2.45) is 0 Å². The summed E-state index contributed by atoms with van der Waals surface area (Å²) in [7, 11) is -0.930. The van der Waals surface area contributed by atoms with Crippen LogP contribution in [0.3, 0.4) is 0 Å². The second-order valence-corrected chi connectivity index (χ2v) is 5.96. The smallest absolute Gasteiger partial charge is 0.251 e. The molecule has 0 saturated heterocycles. The fourth-order valence-electron chi connectivity index (χ4n) is 1.53. The van der Waals surface area contributed by atoms with Crippen LogP contribution in [0.1, 0.15) is 17.3 Å². The number of carbonyl (C=O) groups is 1. The first-order chi connectivity index (χ1) is 8.58. The zero-order valence-corrected chi connectivity index (χ0v) is 11.1. The second-order valence-electron chi connectivity index (χ2n) is 4.15. The van der Waals surface area contributed by atoms with Gasteiger partial charge in [0.25, 0.3) is 5.91 Å². The normalized spacial score (nSPS) is 14.3. The molecule has 2 N–H and O–H groups in total. The average Bonchev–Trinajstić information content (AvgIpc) is 2.82. The summed E-state index contributed by atoms with van der Waals surface area (Å²) in [5.41, 5.74) is 2.23. The van der Waals surface area contributed by atoms with Gasteiger partial charge in [-0.15, -0.1) is 0 Å². The molecule has 5 nitrogen and oxygen atoms in total. The van der Waals surface area contributed by atoms with Gasteiger partial charge in [0.2, 0.25) is 0 Å². The lowest BCUT2D eigenvalue weighted by atomic mass is 10.2. The molecule has 2 atom stereocenters. The highest BCUT2D eigenvalue weighted by Gasteiger charge is 2.10. The summed E-state index contributed by atoms with van der Waals surface area (Å²) in [6.07, 6.45) is 3.22. The highest BCUT2D eigenvalue weighted by molar-refractivity contribution is 7.84. The fraction of sp³-hybridized carbons (Fsp3) is 0.333. The van der Waals surface area contributed by atoms with Crippen molar-refractivity contribution < 1.29 is 9.00 Å². The third kappa shape index (κ3) is 2.76. The van der Waals surface area contributed by atoms with Gasteiger partial charge in [0.15, 0.2) is 0 Å². The molecule has 1 amide bonds. The summed E-state index contributed by atoms with van der Waals surface area (Å²) < 4.78 is 11.2. The van der Waals surface area contributed by atoms with Gasteiger partial charge in [-0.3, -0.25) is 9.00 Å². The minimum Gasteiger partial charge on any atom is -0.351 e. The molecule has 2 aromatic rings. The van der Waals surface area contributed by atoms with Crippen molar-refractivity contribution in [2.45, 2.75) is 12.2 Å². The molecular weight excluding hydrogens is 250 g/mol. The van der Waals surface area contributed by atoms with Crippen LogP contribution in [0, 0.1) is 0 Å². The van der Waals surface area contributed by atoms with Crippen LogP contribution in [0.5, 0.6) is 0 Å². The summed E-state index contributed by atoms with van der Waals surface area (Å²) in [5, 5.41) is 2.72. The summed E-state index contributed by atoms with van der Waals surface area (Å²) in [6.45, 7) is 2.25. The van der Waals surface area contributed by atoms with Crippen molar-refractivity contribution in [3.05, 3.63) is 30.1 Å². The third-order valence-corrected chi connectivity index (χ3v) is 4.10. The number of carbonyl (C=O) groups excluding carboxylic acids is 1. The molecule has 0 bridgehead atoms. The van der Waals surface area contributed by atoms with Gasteiger partial charge in [0.1, 0.15) is 0 Å². The topological polar surface area (TPSA) is 74.8 Å². The molecule has 96 valence electrons. The van der Waals surface area contributed by atoms with Crippen LogP contribution < -0.4 is 5.32 Å². The first kappa shape index (κ1) is 12.8. The Morgan fingerprint density at radius 1 is 1.56 bits per heavy atom. The van der Waals surface area contributed by atoms with E-state index >= 15 is 0 Å². The predicted molar refractivity (Wildman–Crippen MR) is 72.0 cm³/mol. The largest absolute Gasteiger partial charge is 0.351 e. The van der Waals surface area contributed by atoms with Gasteiger partial charge in [-0.25, -0.2) is 4.98 Å². The van der Waals surface area contributed by atoms with Crippen LogP contribution in [0.2, 0.25) is 0 Å². The SMILES string of the molecule is CC(CNC(=O)c1ccc2nc[nH]c2c1)S(C)=O. The number of amides is 1. The fourth-order valence-corrected chi connectivity index (χ4v) is 1.85. The number of hydrogen-bond acceptors (Lipinski definition) is 3. The summed E-state index contributed by atoms with van der Waals surface area (Å²) >= 11 is 0. The standard InChI is InChI=1S/C12H15N3O2S/c1-8(18(2)17)6-13-12(16)9-3-4-10-11(5-9)15-7-14-10/h3-5,7-8H,6H2,1-2H3,(H,13,16)(H,14,15). The number of H-pyrrole nitrogens is 1. The van der Waals surface area contributed by atoms with Crippen LogP contribution in [-0.2, 0) is 10.8 Å². The minimum atomic E-state index is -0.930. The van der Waals surface area contributed by atoms with Crippen LogP contribution in [0.15, 0.2) is 24.5 Å². The van der Waals surface area contributed by atoms with E-state index in [1.165, 1.54) is 0 Å². The van der Waals surface area contributed by atoms with Crippen molar-refractivity contribution in [1.82, 2.24) is 15.3 Å². The Morgan fingerprint density at radius 2 is 2.33 bits per heavy atom. The maximum Gasteiger partial charge on any atom is 0.251 e. The lowest BCUT2D eigenvalue weighted by Gasteiger charge is -2.09. The molecule has 18 heavy (non-hydrogen) atoms. The van der Waals surface area contributed by atoms with Gasteiger partial charge in [-0.2, -0.15) is 0 Å². The molecule has 0 aliphatic heterocycles. The van der Waals surface area contributed by atoms with E-state index in [4.69, 9.17) is 0 Å². The highest BCUT2D eigenvalue weighted by Crippen LogP contribution is 2.11. The lowest BCUT2D eigenvalue weighted by molar-refractivity contribution is 0.0954. The van der Waals surface area contributed by atoms with Crippen LogP contribution in [0.25, 0.3) is 11.0 Å². The molecule has 0 fully saturated rings. The van der Waals surface area contributed by atoms with Crippen molar-refractivity contribution in [3.63, 3.8) is 0 Å². The molecule has 0 aliphatic carbocycles. The van der Waals surface area contributed by atoms with Crippen molar-refractivity contribution in [1.29, 1.82) is 0 Å². The van der Waals surface area contributed by atoms with E-state index in [9.17, 15) is 9.00 Å². The first-order valence-electron chi connectivity index (χ1n) is 5.61. The van der Waals surface area contributed by atoms with E-state index < -0.39 is 10.8 Å². The van der Waals surface area contributed by atoms with Gasteiger partial charge in [-0.05, 0) is 25.1 Å². The monoisotopic (exact) mass is 265 g/mol. The Hall–Kier alpha value is -1.69. The Labute approximate surface area is 107 Å². The molecule has 2 rings (SSSR count). The van der Waals surface area contributed by atoms with Crippen molar-refractivity contribution in [3.8, 4) is 0 Å². The molecule has 2 unspecified atom stereocenters. The number of nitrogens with zero attached hydrogens (tertiary/aromatic N) is 1. The molecule has 0 radical (unpaired) electrons. The van der Waals surface area contributed by atoms with Gasteiger partial charge in [0.05, 0.1) is 17.4 Å². The number of nitrogens with one attached hydrogen (secondary N) is 2. The van der Waals surface area contributed by atoms with Crippen LogP contribution in [0.4, 0.5) is 0 Å². The van der Waals surface area contributed by atoms with Gasteiger partial charge >= 0.3 is 0 Å². The maximum atomic E-state index is 11.9. The van der Waals surface area contributed by atoms with Gasteiger partial charge in [-0.1, -0.05) is 0 Å². The summed E-state index contributed by atoms with van der Waals surface area (Å²) in [4.78, 5) is 18.9. The molecule has 0 spiro atoms. The van der Waals surface area contributed by atoms with E-state index in [0.29, 0.717) is 12.1 Å². The van der Waals surface area contributed by atoms with Crippen molar-refractivity contribution >= 4 is 27.7 Å². The molecule has 1 heterocycles. The third-order valence-electron chi connectivity index (χ3n) is 2.80. The van der Waals surface area contributed by atoms with Gasteiger partial charge in [0, 0.05) is 34.4 Å². The Bertz CT molecular complexity index is 594. The van der Waals surface area contributed by atoms with E-state index in [1.54, 1.807) is 30.8 Å². The van der Waals surface area contributed by atoms with Gasteiger partial charge < -0.3 is 10.3 Å². The molecular formula is C12H15N3O2S. The van der Waals surface area contributed by atoms with Crippen LogP contribution in [-0.4, -0.2) is 38.1 Å². The highest BCUT2D eigenvalue weighted by atomic mass is 32.2. The summed E-state index contributed by atoms with van der Waals surface area (Å²) in [6, 6.07) is 5.28. The molecule has 0 saturated carbocycles. The average molecular weight is 265 g/mol.